The van der Waals surface area contributed by atoms with Crippen LogP contribution in [0, 0.1) is 6.92 Å². The smallest absolute Gasteiger partial charge is 0.264 e. The first-order valence-corrected chi connectivity index (χ1v) is 11.4. The highest BCUT2D eigenvalue weighted by Crippen LogP contribution is 2.24. The molecule has 29 heavy (non-hydrogen) atoms. The maximum atomic E-state index is 13.3. The van der Waals surface area contributed by atoms with Crippen molar-refractivity contribution < 1.29 is 13.2 Å². The number of hydrogen-bond acceptors (Lipinski definition) is 4. The van der Waals surface area contributed by atoms with E-state index >= 15 is 0 Å². The van der Waals surface area contributed by atoms with Crippen LogP contribution in [0.3, 0.4) is 0 Å². The van der Waals surface area contributed by atoms with Crippen molar-refractivity contribution >= 4 is 21.6 Å². The number of amides is 1. The highest BCUT2D eigenvalue weighted by Gasteiger charge is 2.26. The van der Waals surface area contributed by atoms with E-state index in [1.165, 1.54) is 4.31 Å². The van der Waals surface area contributed by atoms with Crippen LogP contribution in [-0.2, 0) is 14.8 Å². The predicted molar refractivity (Wildman–Crippen MR) is 115 cm³/mol. The van der Waals surface area contributed by atoms with Gasteiger partial charge in [-0.3, -0.25) is 9.10 Å². The molecule has 2 aromatic carbocycles. The number of carbonyl (C=O) groups excluding carboxylic acids is 1. The lowest BCUT2D eigenvalue weighted by atomic mass is 10.2. The van der Waals surface area contributed by atoms with Crippen LogP contribution in [0.25, 0.3) is 0 Å². The van der Waals surface area contributed by atoms with Gasteiger partial charge in [-0.2, -0.15) is 0 Å². The molecule has 156 valence electrons. The summed E-state index contributed by atoms with van der Waals surface area (Å²) in [7, 11) is -1.70. The summed E-state index contributed by atoms with van der Waals surface area (Å²) >= 11 is 0. The first kappa shape index (κ1) is 21.3. The minimum Gasteiger partial charge on any atom is -0.341 e. The quantitative estimate of drug-likeness (QED) is 0.728. The van der Waals surface area contributed by atoms with Gasteiger partial charge in [-0.15, -0.1) is 0 Å². The van der Waals surface area contributed by atoms with Crippen LogP contribution in [0.1, 0.15) is 18.4 Å². The lowest BCUT2D eigenvalue weighted by Gasteiger charge is -2.26. The van der Waals surface area contributed by atoms with Crippen LogP contribution < -0.4 is 4.31 Å². The van der Waals surface area contributed by atoms with Crippen molar-refractivity contribution in [2.75, 3.05) is 44.1 Å². The second-order valence-corrected chi connectivity index (χ2v) is 9.38. The molecular weight excluding hydrogens is 386 g/mol. The average molecular weight is 416 g/mol. The number of para-hydroxylation sites is 1. The maximum Gasteiger partial charge on any atom is 0.264 e. The standard InChI is InChI=1S/C22H29N3O3S/c1-19-9-11-21(12-10-19)29(27,28)25(20-7-4-3-5-8-20)16-13-22(26)24-15-6-14-23(2)17-18-24/h3-5,7-12H,6,13-18H2,1-2H3. The Morgan fingerprint density at radius 2 is 1.66 bits per heavy atom. The SMILES string of the molecule is Cc1ccc(S(=O)(=O)N(CCC(=O)N2CCCN(C)CC2)c2ccccc2)cc1. The highest BCUT2D eigenvalue weighted by molar-refractivity contribution is 7.92. The highest BCUT2D eigenvalue weighted by atomic mass is 32.2. The van der Waals surface area contributed by atoms with Crippen LogP contribution in [0.5, 0.6) is 0 Å². The zero-order valence-corrected chi connectivity index (χ0v) is 17.9. The number of likely N-dealkylation sites (N-methyl/N-ethyl adjacent to an activating group) is 1. The average Bonchev–Trinajstić information content (AvgIpc) is 2.93. The molecule has 1 aliphatic heterocycles. The van der Waals surface area contributed by atoms with E-state index in [1.807, 2.05) is 17.9 Å². The summed E-state index contributed by atoms with van der Waals surface area (Å²) in [4.78, 5) is 17.1. The zero-order valence-electron chi connectivity index (χ0n) is 17.1. The Morgan fingerprint density at radius 1 is 0.966 bits per heavy atom. The fraction of sp³-hybridized carbons (Fsp3) is 0.409. The van der Waals surface area contributed by atoms with Crippen LogP contribution in [0.15, 0.2) is 59.5 Å². The van der Waals surface area contributed by atoms with Crippen LogP contribution in [-0.4, -0.2) is 63.9 Å². The minimum atomic E-state index is -3.76. The topological polar surface area (TPSA) is 60.9 Å². The van der Waals surface area contributed by atoms with Gasteiger partial charge in [0.1, 0.15) is 0 Å². The molecule has 0 saturated carbocycles. The summed E-state index contributed by atoms with van der Waals surface area (Å²) in [6.45, 7) is 5.26. The zero-order chi connectivity index (χ0) is 20.9. The van der Waals surface area contributed by atoms with E-state index in [2.05, 4.69) is 11.9 Å². The molecule has 1 amide bonds. The van der Waals surface area contributed by atoms with E-state index in [-0.39, 0.29) is 23.8 Å². The molecule has 3 rings (SSSR count). The van der Waals surface area contributed by atoms with Crippen molar-refractivity contribution in [2.45, 2.75) is 24.7 Å². The van der Waals surface area contributed by atoms with E-state index in [1.54, 1.807) is 48.5 Å². The van der Waals surface area contributed by atoms with Gasteiger partial charge in [0.05, 0.1) is 10.6 Å². The van der Waals surface area contributed by atoms with Gasteiger partial charge in [-0.1, -0.05) is 35.9 Å². The van der Waals surface area contributed by atoms with Gasteiger partial charge in [-0.25, -0.2) is 8.42 Å². The van der Waals surface area contributed by atoms with Crippen molar-refractivity contribution in [1.82, 2.24) is 9.80 Å². The van der Waals surface area contributed by atoms with Crippen LogP contribution in [0.2, 0.25) is 0 Å². The summed E-state index contributed by atoms with van der Waals surface area (Å²) in [5.41, 5.74) is 1.56. The molecule has 0 aliphatic carbocycles. The lowest BCUT2D eigenvalue weighted by Crippen LogP contribution is -2.38. The van der Waals surface area contributed by atoms with Gasteiger partial charge in [0.2, 0.25) is 5.91 Å². The molecule has 0 unspecified atom stereocenters. The summed E-state index contributed by atoms with van der Waals surface area (Å²) < 4.78 is 28.0. The van der Waals surface area contributed by atoms with Crippen molar-refractivity contribution in [3.8, 4) is 0 Å². The number of sulfonamides is 1. The fourth-order valence-corrected chi connectivity index (χ4v) is 4.94. The predicted octanol–water partition coefficient (Wildman–Crippen LogP) is 2.74. The van der Waals surface area contributed by atoms with Crippen LogP contribution in [0.4, 0.5) is 5.69 Å². The Morgan fingerprint density at radius 3 is 2.34 bits per heavy atom. The Hall–Kier alpha value is -2.38. The Balaban J connectivity index is 1.79. The monoisotopic (exact) mass is 415 g/mol. The number of rotatable bonds is 6. The van der Waals surface area contributed by atoms with E-state index in [4.69, 9.17) is 0 Å². The molecule has 2 aromatic rings. The summed E-state index contributed by atoms with van der Waals surface area (Å²) in [5, 5.41) is 0. The molecule has 7 heteroatoms. The van der Waals surface area contributed by atoms with Crippen molar-refractivity contribution in [3.63, 3.8) is 0 Å². The van der Waals surface area contributed by atoms with Gasteiger partial charge in [0.15, 0.2) is 0 Å². The summed E-state index contributed by atoms with van der Waals surface area (Å²) in [6, 6.07) is 15.8. The molecule has 0 bridgehead atoms. The van der Waals surface area contributed by atoms with E-state index in [0.29, 0.717) is 12.2 Å². The van der Waals surface area contributed by atoms with E-state index < -0.39 is 10.0 Å². The first-order valence-electron chi connectivity index (χ1n) is 9.99. The Bertz CT molecular complexity index is 914. The molecule has 0 atom stereocenters. The second kappa shape index (κ2) is 9.41. The van der Waals surface area contributed by atoms with Crippen LogP contribution >= 0.6 is 0 Å². The van der Waals surface area contributed by atoms with E-state index in [0.717, 1.165) is 31.6 Å². The van der Waals surface area contributed by atoms with Gasteiger partial charge in [-0.05, 0) is 51.2 Å². The number of carbonyl (C=O) groups is 1. The molecule has 1 aliphatic rings. The third-order valence-corrected chi connectivity index (χ3v) is 7.10. The molecule has 1 heterocycles. The molecular formula is C22H29N3O3S. The lowest BCUT2D eigenvalue weighted by molar-refractivity contribution is -0.130. The third kappa shape index (κ3) is 5.36. The number of nitrogens with zero attached hydrogens (tertiary/aromatic N) is 3. The largest absolute Gasteiger partial charge is 0.341 e. The van der Waals surface area contributed by atoms with Crippen molar-refractivity contribution in [2.24, 2.45) is 0 Å². The van der Waals surface area contributed by atoms with Gasteiger partial charge >= 0.3 is 0 Å². The molecule has 1 saturated heterocycles. The Labute approximate surface area is 173 Å². The fourth-order valence-electron chi connectivity index (χ4n) is 3.47. The molecule has 6 nitrogen and oxygen atoms in total. The van der Waals surface area contributed by atoms with Crippen molar-refractivity contribution in [1.29, 1.82) is 0 Å². The molecule has 0 spiro atoms. The van der Waals surface area contributed by atoms with Gasteiger partial charge in [0.25, 0.3) is 10.0 Å². The molecule has 0 aromatic heterocycles. The number of aryl methyl sites for hydroxylation is 1. The normalized spacial score (nSPS) is 15.7. The van der Waals surface area contributed by atoms with Gasteiger partial charge in [0, 0.05) is 32.6 Å². The molecule has 0 radical (unpaired) electrons. The minimum absolute atomic E-state index is 0.000312. The number of hydrogen-bond donors (Lipinski definition) is 0. The maximum absolute atomic E-state index is 13.3. The van der Waals surface area contributed by atoms with Gasteiger partial charge < -0.3 is 9.80 Å². The second-order valence-electron chi connectivity index (χ2n) is 7.51. The molecule has 0 N–H and O–H groups in total. The third-order valence-electron chi connectivity index (χ3n) is 5.25. The molecule has 1 fully saturated rings. The number of benzene rings is 2. The summed E-state index contributed by atoms with van der Waals surface area (Å²) in [6.07, 6.45) is 1.09. The van der Waals surface area contributed by atoms with E-state index in [9.17, 15) is 13.2 Å². The van der Waals surface area contributed by atoms with Crippen molar-refractivity contribution in [3.05, 3.63) is 60.2 Å². The summed E-state index contributed by atoms with van der Waals surface area (Å²) in [5.74, 6) is 0.000312. The first-order chi connectivity index (χ1) is 13.9. The number of anilines is 1. The Kier molecular flexibility index (Phi) is 6.92.